The van der Waals surface area contributed by atoms with Gasteiger partial charge in [0.25, 0.3) is 15.9 Å². The number of carbonyl (C=O) groups excluding carboxylic acids is 1. The van der Waals surface area contributed by atoms with Gasteiger partial charge >= 0.3 is 0 Å². The van der Waals surface area contributed by atoms with Crippen molar-refractivity contribution in [3.8, 4) is 5.75 Å². The molecule has 0 heterocycles. The van der Waals surface area contributed by atoms with E-state index < -0.39 is 26.0 Å². The van der Waals surface area contributed by atoms with Crippen molar-refractivity contribution in [2.24, 2.45) is 0 Å². The Hall–Kier alpha value is -3.12. The first-order valence-electron chi connectivity index (χ1n) is 10.7. The van der Waals surface area contributed by atoms with Gasteiger partial charge in [0.2, 0.25) is 10.0 Å². The largest absolute Gasteiger partial charge is 0.492 e. The number of sulfonamides is 2. The van der Waals surface area contributed by atoms with Crippen LogP contribution in [0.5, 0.6) is 5.75 Å². The van der Waals surface area contributed by atoms with E-state index in [1.807, 2.05) is 6.92 Å². The molecule has 3 aromatic carbocycles. The van der Waals surface area contributed by atoms with Gasteiger partial charge in [-0.2, -0.15) is 0 Å². The number of halogens is 1. The predicted molar refractivity (Wildman–Crippen MR) is 139 cm³/mol. The molecule has 36 heavy (non-hydrogen) atoms. The van der Waals surface area contributed by atoms with E-state index in [1.54, 1.807) is 24.3 Å². The summed E-state index contributed by atoms with van der Waals surface area (Å²) in [5.74, 6) is -0.0708. The van der Waals surface area contributed by atoms with Crippen LogP contribution in [0, 0.1) is 6.92 Å². The maximum absolute atomic E-state index is 12.8. The van der Waals surface area contributed by atoms with Crippen molar-refractivity contribution in [2.75, 3.05) is 32.0 Å². The number of benzene rings is 3. The van der Waals surface area contributed by atoms with Crippen molar-refractivity contribution < 1.29 is 26.4 Å². The number of nitrogens with zero attached hydrogens (tertiary/aromatic N) is 1. The smallest absolute Gasteiger partial charge is 0.263 e. The first kappa shape index (κ1) is 27.5. The number of nitrogens with one attached hydrogen (secondary N) is 2. The molecule has 0 atom stereocenters. The van der Waals surface area contributed by atoms with E-state index in [2.05, 4.69) is 10.0 Å². The number of carbonyl (C=O) groups is 1. The zero-order chi connectivity index (χ0) is 26.5. The minimum atomic E-state index is -4.03. The van der Waals surface area contributed by atoms with Gasteiger partial charge in [0.1, 0.15) is 17.3 Å². The summed E-state index contributed by atoms with van der Waals surface area (Å²) >= 11 is 6.12. The Morgan fingerprint density at radius 2 is 1.58 bits per heavy atom. The van der Waals surface area contributed by atoms with E-state index in [1.165, 1.54) is 56.6 Å². The van der Waals surface area contributed by atoms with Crippen molar-refractivity contribution in [3.63, 3.8) is 0 Å². The quantitative estimate of drug-likeness (QED) is 0.372. The molecule has 0 aromatic heterocycles. The van der Waals surface area contributed by atoms with Gasteiger partial charge in [0, 0.05) is 25.3 Å². The molecule has 0 aliphatic rings. The van der Waals surface area contributed by atoms with Crippen LogP contribution in [-0.4, -0.2) is 54.3 Å². The third kappa shape index (κ3) is 6.76. The van der Waals surface area contributed by atoms with E-state index in [0.717, 1.165) is 9.87 Å². The minimum Gasteiger partial charge on any atom is -0.492 e. The minimum absolute atomic E-state index is 0.0192. The number of hydrogen-bond donors (Lipinski definition) is 2. The molecule has 3 aromatic rings. The van der Waals surface area contributed by atoms with E-state index in [9.17, 15) is 21.6 Å². The van der Waals surface area contributed by atoms with Crippen molar-refractivity contribution in [1.82, 2.24) is 9.62 Å². The Labute approximate surface area is 216 Å². The second-order valence-electron chi connectivity index (χ2n) is 7.98. The highest BCUT2D eigenvalue weighted by Crippen LogP contribution is 2.25. The van der Waals surface area contributed by atoms with Crippen LogP contribution in [0.2, 0.25) is 5.02 Å². The molecule has 0 aliphatic carbocycles. The van der Waals surface area contributed by atoms with Crippen LogP contribution in [0.1, 0.15) is 15.9 Å². The molecule has 12 heteroatoms. The van der Waals surface area contributed by atoms with Crippen LogP contribution in [0.4, 0.5) is 5.69 Å². The van der Waals surface area contributed by atoms with Crippen molar-refractivity contribution in [2.45, 2.75) is 16.7 Å². The summed E-state index contributed by atoms with van der Waals surface area (Å²) in [6.07, 6.45) is 0. The Bertz CT molecular complexity index is 1440. The third-order valence-corrected chi connectivity index (χ3v) is 8.74. The van der Waals surface area contributed by atoms with E-state index in [4.69, 9.17) is 16.3 Å². The summed E-state index contributed by atoms with van der Waals surface area (Å²) in [7, 11) is -4.67. The lowest BCUT2D eigenvalue weighted by Gasteiger charge is -2.13. The highest BCUT2D eigenvalue weighted by atomic mass is 35.5. The molecule has 0 unspecified atom stereocenters. The number of aryl methyl sites for hydroxylation is 1. The topological polar surface area (TPSA) is 122 Å². The summed E-state index contributed by atoms with van der Waals surface area (Å²) in [5, 5.41) is 2.63. The number of anilines is 1. The van der Waals surface area contributed by atoms with Gasteiger partial charge in [-0.1, -0.05) is 29.3 Å². The van der Waals surface area contributed by atoms with E-state index in [0.29, 0.717) is 11.4 Å². The Balaban J connectivity index is 1.59. The summed E-state index contributed by atoms with van der Waals surface area (Å²) in [6.45, 7) is 2.12. The number of hydrogen-bond acceptors (Lipinski definition) is 6. The van der Waals surface area contributed by atoms with Crippen LogP contribution in [0.15, 0.2) is 76.5 Å². The summed E-state index contributed by atoms with van der Waals surface area (Å²) in [6, 6.07) is 16.7. The fraction of sp³-hybridized carbons (Fsp3) is 0.208. The van der Waals surface area contributed by atoms with Gasteiger partial charge in [0.05, 0.1) is 16.5 Å². The molecule has 0 spiro atoms. The maximum atomic E-state index is 12.8. The fourth-order valence-corrected chi connectivity index (χ4v) is 5.52. The normalized spacial score (nSPS) is 11.8. The Morgan fingerprint density at radius 3 is 2.19 bits per heavy atom. The maximum Gasteiger partial charge on any atom is 0.263 e. The van der Waals surface area contributed by atoms with Gasteiger partial charge in [-0.15, -0.1) is 0 Å². The highest BCUT2D eigenvalue weighted by molar-refractivity contribution is 7.92. The summed E-state index contributed by atoms with van der Waals surface area (Å²) in [4.78, 5) is 12.5. The first-order valence-corrected chi connectivity index (χ1v) is 14.0. The van der Waals surface area contributed by atoms with Crippen molar-refractivity contribution in [3.05, 3.63) is 82.9 Å². The molecule has 3 rings (SSSR count). The van der Waals surface area contributed by atoms with Gasteiger partial charge in [-0.05, 0) is 61.5 Å². The molecular formula is C24H26ClN3O6S2. The Morgan fingerprint density at radius 1 is 0.944 bits per heavy atom. The van der Waals surface area contributed by atoms with Crippen LogP contribution >= 0.6 is 11.6 Å². The SMILES string of the molecule is Cc1ccc(NS(=O)(=O)c2cc(C(=O)NCCOc3ccc(S(=O)(=O)N(C)C)cc3)ccc2Cl)cc1. The van der Waals surface area contributed by atoms with Gasteiger partial charge in [0.15, 0.2) is 0 Å². The average Bonchev–Trinajstić information content (AvgIpc) is 2.83. The Kier molecular flexibility index (Phi) is 8.62. The number of amides is 1. The third-order valence-electron chi connectivity index (χ3n) is 5.05. The van der Waals surface area contributed by atoms with E-state index >= 15 is 0 Å². The van der Waals surface area contributed by atoms with Crippen molar-refractivity contribution in [1.29, 1.82) is 0 Å². The molecule has 0 saturated heterocycles. The lowest BCUT2D eigenvalue weighted by Crippen LogP contribution is -2.28. The predicted octanol–water partition coefficient (Wildman–Crippen LogP) is 3.51. The van der Waals surface area contributed by atoms with Gasteiger partial charge < -0.3 is 10.1 Å². The van der Waals surface area contributed by atoms with Gasteiger partial charge in [-0.3, -0.25) is 9.52 Å². The lowest BCUT2D eigenvalue weighted by atomic mass is 10.2. The summed E-state index contributed by atoms with van der Waals surface area (Å²) in [5.41, 5.74) is 1.46. The molecule has 0 fully saturated rings. The molecule has 0 aliphatic heterocycles. The molecule has 2 N–H and O–H groups in total. The van der Waals surface area contributed by atoms with Crippen LogP contribution in [0.25, 0.3) is 0 Å². The second kappa shape index (κ2) is 11.3. The van der Waals surface area contributed by atoms with Crippen LogP contribution < -0.4 is 14.8 Å². The monoisotopic (exact) mass is 551 g/mol. The molecule has 9 nitrogen and oxygen atoms in total. The summed E-state index contributed by atoms with van der Waals surface area (Å²) < 4.78 is 59.0. The fourth-order valence-electron chi connectivity index (χ4n) is 3.04. The standard InChI is InChI=1S/C24H26ClN3O6S2/c1-17-4-7-19(8-5-17)27-35(30,31)23-16-18(6-13-22(23)25)24(29)26-14-15-34-20-9-11-21(12-10-20)36(32,33)28(2)3/h4-13,16,27H,14-15H2,1-3H3,(H,26,29). The molecule has 1 amide bonds. The number of rotatable bonds is 10. The average molecular weight is 552 g/mol. The molecule has 0 bridgehead atoms. The molecule has 192 valence electrons. The lowest BCUT2D eigenvalue weighted by molar-refractivity contribution is 0.0946. The van der Waals surface area contributed by atoms with E-state index in [-0.39, 0.29) is 33.5 Å². The molecule has 0 saturated carbocycles. The zero-order valence-corrected chi connectivity index (χ0v) is 22.2. The van der Waals surface area contributed by atoms with Crippen molar-refractivity contribution >= 4 is 43.2 Å². The number of ether oxygens (including phenoxy) is 1. The van der Waals surface area contributed by atoms with Crippen LogP contribution in [-0.2, 0) is 20.0 Å². The molecule has 0 radical (unpaired) electrons. The van der Waals surface area contributed by atoms with Gasteiger partial charge in [-0.25, -0.2) is 21.1 Å². The first-order chi connectivity index (χ1) is 16.9. The highest BCUT2D eigenvalue weighted by Gasteiger charge is 2.21. The molecular weight excluding hydrogens is 526 g/mol. The van der Waals surface area contributed by atoms with Crippen LogP contribution in [0.3, 0.4) is 0 Å². The zero-order valence-electron chi connectivity index (χ0n) is 19.9. The second-order valence-corrected chi connectivity index (χ2v) is 12.2.